The zero-order chi connectivity index (χ0) is 18.0. The van der Waals surface area contributed by atoms with Crippen LogP contribution in [0.25, 0.3) is 0 Å². The maximum Gasteiger partial charge on any atom is 0.405 e. The lowest BCUT2D eigenvalue weighted by Gasteiger charge is -2.47. The number of hydrogen-bond donors (Lipinski definition) is 5. The number of nitrogens with two attached hydrogens (primary N) is 1. The summed E-state index contributed by atoms with van der Waals surface area (Å²) in [4.78, 5) is 34.4. The van der Waals surface area contributed by atoms with Gasteiger partial charge in [0.25, 0.3) is 0 Å². The Morgan fingerprint density at radius 2 is 1.87 bits per heavy atom. The first-order valence-corrected chi connectivity index (χ1v) is 7.29. The minimum Gasteiger partial charge on any atom is -0.465 e. The van der Waals surface area contributed by atoms with Gasteiger partial charge in [0.05, 0.1) is 5.54 Å². The maximum atomic E-state index is 13.2. The number of rotatable bonds is 6. The molecule has 0 aromatic carbocycles. The van der Waals surface area contributed by atoms with Crippen LogP contribution in [0, 0.1) is 5.41 Å². The summed E-state index contributed by atoms with van der Waals surface area (Å²) in [5.41, 5.74) is 3.19. The number of halogens is 1. The molecule has 1 fully saturated rings. The number of aliphatic hydroxyl groups excluding tert-OH is 1. The molecular weight excluding hydrogens is 309 g/mol. The number of alkyl halides is 1. The Morgan fingerprint density at radius 3 is 2.22 bits per heavy atom. The minimum absolute atomic E-state index is 0.187. The third kappa shape index (κ3) is 5.05. The summed E-state index contributed by atoms with van der Waals surface area (Å²) in [6.07, 6.45) is -4.70. The predicted molar refractivity (Wildman–Crippen MR) is 79.2 cm³/mol. The second-order valence-corrected chi connectivity index (χ2v) is 7.22. The highest BCUT2D eigenvalue weighted by Crippen LogP contribution is 2.38. The summed E-state index contributed by atoms with van der Waals surface area (Å²) in [5.74, 6) is -1.80. The van der Waals surface area contributed by atoms with Gasteiger partial charge in [-0.2, -0.15) is 0 Å². The van der Waals surface area contributed by atoms with Gasteiger partial charge in [0.1, 0.15) is 12.2 Å². The summed E-state index contributed by atoms with van der Waals surface area (Å²) >= 11 is 0. The topological polar surface area (TPSA) is 142 Å². The lowest BCUT2D eigenvalue weighted by Crippen LogP contribution is -2.69. The molecule has 0 heterocycles. The lowest BCUT2D eigenvalue weighted by molar-refractivity contribution is -0.141. The Labute approximate surface area is 133 Å². The Balaban J connectivity index is 2.90. The molecule has 1 rings (SSSR count). The Hall–Kier alpha value is -1.90. The molecule has 1 aliphatic carbocycles. The molecule has 0 spiro atoms. The first-order chi connectivity index (χ1) is 10.4. The van der Waals surface area contributed by atoms with Gasteiger partial charge in [-0.1, -0.05) is 20.8 Å². The molecule has 1 aliphatic rings. The SMILES string of the molecule is CC(C)(C)CC(NC(=O)O)C(=O)NC1([C@H](O)C(N)=O)CC(F)C1. The fourth-order valence-electron chi connectivity index (χ4n) is 2.70. The maximum absolute atomic E-state index is 13.2. The first kappa shape index (κ1) is 19.1. The van der Waals surface area contributed by atoms with E-state index in [0.29, 0.717) is 0 Å². The van der Waals surface area contributed by atoms with E-state index in [2.05, 4.69) is 10.6 Å². The molecule has 6 N–H and O–H groups in total. The fourth-order valence-corrected chi connectivity index (χ4v) is 2.70. The van der Waals surface area contributed by atoms with Crippen molar-refractivity contribution in [2.24, 2.45) is 11.1 Å². The number of carbonyl (C=O) groups excluding carboxylic acids is 2. The third-order valence-electron chi connectivity index (χ3n) is 3.77. The second kappa shape index (κ2) is 6.69. The van der Waals surface area contributed by atoms with Crippen molar-refractivity contribution < 1.29 is 29.0 Å². The van der Waals surface area contributed by atoms with Crippen molar-refractivity contribution in [2.75, 3.05) is 0 Å². The molecule has 0 radical (unpaired) electrons. The van der Waals surface area contributed by atoms with Crippen LogP contribution in [0.3, 0.4) is 0 Å². The van der Waals surface area contributed by atoms with Crippen LogP contribution in [0.4, 0.5) is 9.18 Å². The average molecular weight is 333 g/mol. The zero-order valence-corrected chi connectivity index (χ0v) is 13.4. The van der Waals surface area contributed by atoms with Gasteiger partial charge in [0.15, 0.2) is 6.10 Å². The van der Waals surface area contributed by atoms with Gasteiger partial charge in [-0.05, 0) is 11.8 Å². The molecule has 8 nitrogen and oxygen atoms in total. The van der Waals surface area contributed by atoms with Gasteiger partial charge in [0, 0.05) is 12.8 Å². The highest BCUT2D eigenvalue weighted by molar-refractivity contribution is 5.88. The standard InChI is InChI=1S/C14H24FN3O5/c1-13(2,3)6-8(17-12(22)23)11(21)18-14(4-7(15)5-14)9(19)10(16)20/h7-9,17,19H,4-6H2,1-3H3,(H2,16,20)(H,18,21)(H,22,23)/t7?,8?,9-,14?/m1/s1. The van der Waals surface area contributed by atoms with Gasteiger partial charge >= 0.3 is 6.09 Å². The van der Waals surface area contributed by atoms with Crippen LogP contribution in [0.15, 0.2) is 0 Å². The van der Waals surface area contributed by atoms with E-state index in [9.17, 15) is 23.9 Å². The van der Waals surface area contributed by atoms with Gasteiger partial charge in [-0.25, -0.2) is 9.18 Å². The van der Waals surface area contributed by atoms with E-state index in [-0.39, 0.29) is 24.7 Å². The summed E-state index contributed by atoms with van der Waals surface area (Å²) < 4.78 is 13.2. The van der Waals surface area contributed by atoms with Crippen LogP contribution in [-0.2, 0) is 9.59 Å². The molecule has 1 saturated carbocycles. The van der Waals surface area contributed by atoms with Crippen molar-refractivity contribution in [1.29, 1.82) is 0 Å². The molecule has 0 aromatic heterocycles. The van der Waals surface area contributed by atoms with Crippen molar-refractivity contribution in [3.8, 4) is 0 Å². The number of carbonyl (C=O) groups is 3. The van der Waals surface area contributed by atoms with E-state index in [4.69, 9.17) is 10.8 Å². The molecule has 0 aliphatic heterocycles. The van der Waals surface area contributed by atoms with E-state index in [1.807, 2.05) is 20.8 Å². The number of hydrogen-bond acceptors (Lipinski definition) is 4. The summed E-state index contributed by atoms with van der Waals surface area (Å²) in [6.45, 7) is 5.48. The number of nitrogens with one attached hydrogen (secondary N) is 2. The van der Waals surface area contributed by atoms with Crippen LogP contribution < -0.4 is 16.4 Å². The monoisotopic (exact) mass is 333 g/mol. The average Bonchev–Trinajstić information content (AvgIpc) is 2.32. The van der Waals surface area contributed by atoms with Crippen molar-refractivity contribution in [3.05, 3.63) is 0 Å². The van der Waals surface area contributed by atoms with Crippen molar-refractivity contribution >= 4 is 17.9 Å². The van der Waals surface area contributed by atoms with Crippen LogP contribution in [0.2, 0.25) is 0 Å². The molecule has 132 valence electrons. The van der Waals surface area contributed by atoms with Crippen LogP contribution in [0.1, 0.15) is 40.0 Å². The normalized spacial score (nSPS) is 26.6. The molecule has 9 heteroatoms. The largest absolute Gasteiger partial charge is 0.465 e. The highest BCUT2D eigenvalue weighted by atomic mass is 19.1. The van der Waals surface area contributed by atoms with Gasteiger partial charge in [-0.15, -0.1) is 0 Å². The number of primary amides is 1. The van der Waals surface area contributed by atoms with Crippen LogP contribution in [-0.4, -0.2) is 52.0 Å². The molecule has 2 atom stereocenters. The molecule has 1 unspecified atom stereocenters. The zero-order valence-electron chi connectivity index (χ0n) is 13.4. The lowest BCUT2D eigenvalue weighted by atomic mass is 9.70. The molecule has 0 bridgehead atoms. The van der Waals surface area contributed by atoms with E-state index in [1.54, 1.807) is 0 Å². The van der Waals surface area contributed by atoms with Gasteiger partial charge < -0.3 is 26.6 Å². The number of carboxylic acid groups (broad SMARTS) is 1. The summed E-state index contributed by atoms with van der Waals surface area (Å²) in [6, 6.07) is -1.09. The van der Waals surface area contributed by atoms with E-state index in [0.717, 1.165) is 0 Å². The smallest absolute Gasteiger partial charge is 0.405 e. The fraction of sp³-hybridized carbons (Fsp3) is 0.786. The number of aliphatic hydroxyl groups is 1. The Morgan fingerprint density at radius 1 is 1.35 bits per heavy atom. The van der Waals surface area contributed by atoms with E-state index < -0.39 is 41.8 Å². The molecule has 3 amide bonds. The molecule has 0 saturated heterocycles. The van der Waals surface area contributed by atoms with Crippen molar-refractivity contribution in [1.82, 2.24) is 10.6 Å². The second-order valence-electron chi connectivity index (χ2n) is 7.22. The Bertz CT molecular complexity index is 485. The third-order valence-corrected chi connectivity index (χ3v) is 3.77. The molecular formula is C14H24FN3O5. The quantitative estimate of drug-likeness (QED) is 0.461. The molecule has 23 heavy (non-hydrogen) atoms. The van der Waals surface area contributed by atoms with Gasteiger partial charge in [-0.3, -0.25) is 9.59 Å². The van der Waals surface area contributed by atoms with E-state index >= 15 is 0 Å². The van der Waals surface area contributed by atoms with E-state index in [1.165, 1.54) is 0 Å². The van der Waals surface area contributed by atoms with Crippen molar-refractivity contribution in [2.45, 2.75) is 63.9 Å². The number of amides is 3. The van der Waals surface area contributed by atoms with Crippen LogP contribution >= 0.6 is 0 Å². The minimum atomic E-state index is -1.74. The molecule has 0 aromatic rings. The first-order valence-electron chi connectivity index (χ1n) is 7.29. The highest BCUT2D eigenvalue weighted by Gasteiger charge is 2.53. The van der Waals surface area contributed by atoms with Crippen LogP contribution in [0.5, 0.6) is 0 Å². The summed E-state index contributed by atoms with van der Waals surface area (Å²) in [5, 5.41) is 23.2. The summed E-state index contributed by atoms with van der Waals surface area (Å²) in [7, 11) is 0. The predicted octanol–water partition coefficient (Wildman–Crippen LogP) is -0.108. The Kier molecular flexibility index (Phi) is 5.57. The van der Waals surface area contributed by atoms with Gasteiger partial charge in [0.2, 0.25) is 11.8 Å². The van der Waals surface area contributed by atoms with Crippen molar-refractivity contribution in [3.63, 3.8) is 0 Å².